The van der Waals surface area contributed by atoms with Crippen molar-refractivity contribution >= 4 is 17.3 Å². The van der Waals surface area contributed by atoms with Crippen LogP contribution in [0.15, 0.2) is 0 Å². The summed E-state index contributed by atoms with van der Waals surface area (Å²) in [6, 6.07) is 0. The summed E-state index contributed by atoms with van der Waals surface area (Å²) in [5.74, 6) is 0.223. The molecule has 3 nitrogen and oxygen atoms in total. The maximum Gasteiger partial charge on any atom is 0.163 e. The third-order valence-corrected chi connectivity index (χ3v) is 2.48. The number of rotatable bonds is 4. The van der Waals surface area contributed by atoms with Gasteiger partial charge in [0.15, 0.2) is 11.3 Å². The van der Waals surface area contributed by atoms with E-state index in [2.05, 4.69) is 13.8 Å². The molecule has 2 atom stereocenters. The molecule has 1 aliphatic rings. The summed E-state index contributed by atoms with van der Waals surface area (Å²) in [5.41, 5.74) is 0. The minimum atomic E-state index is -0.130. The molecule has 2 unspecified atom stereocenters. The van der Waals surface area contributed by atoms with Crippen LogP contribution in [0.5, 0.6) is 0 Å². The topological polar surface area (TPSA) is 27.7 Å². The fraction of sp³-hybridized carbons (Fsp3) is 0.900. The monoisotopic (exact) mass is 218 g/mol. The van der Waals surface area contributed by atoms with Gasteiger partial charge >= 0.3 is 0 Å². The van der Waals surface area contributed by atoms with Crippen LogP contribution in [-0.2, 0) is 14.2 Å². The Morgan fingerprint density at radius 2 is 2.07 bits per heavy atom. The molecule has 1 saturated heterocycles. The minimum absolute atomic E-state index is 0.0931. The molecule has 1 heterocycles. The van der Waals surface area contributed by atoms with E-state index in [1.807, 2.05) is 0 Å². The molecule has 0 aliphatic carbocycles. The Morgan fingerprint density at radius 3 is 2.50 bits per heavy atom. The number of hydrogen-bond acceptors (Lipinski definition) is 4. The second-order valence-electron chi connectivity index (χ2n) is 3.53. The van der Waals surface area contributed by atoms with Gasteiger partial charge in [-0.2, -0.15) is 0 Å². The zero-order valence-corrected chi connectivity index (χ0v) is 9.80. The van der Waals surface area contributed by atoms with Crippen LogP contribution in [0.4, 0.5) is 0 Å². The summed E-state index contributed by atoms with van der Waals surface area (Å²) < 4.78 is 16.4. The second-order valence-corrected chi connectivity index (χ2v) is 4.10. The smallest absolute Gasteiger partial charge is 0.163 e. The Balaban J connectivity index is 2.45. The maximum absolute atomic E-state index is 5.55. The number of ether oxygens (including phenoxy) is 3. The lowest BCUT2D eigenvalue weighted by molar-refractivity contribution is -0.107. The van der Waals surface area contributed by atoms with Gasteiger partial charge in [0.1, 0.15) is 6.10 Å². The summed E-state index contributed by atoms with van der Waals surface area (Å²) in [7, 11) is 0. The lowest BCUT2D eigenvalue weighted by Crippen LogP contribution is -2.32. The van der Waals surface area contributed by atoms with Crippen LogP contribution in [0.2, 0.25) is 0 Å². The molecular weight excluding hydrogens is 200 g/mol. The molecule has 0 aromatic carbocycles. The second kappa shape index (κ2) is 5.63. The quantitative estimate of drug-likeness (QED) is 0.676. The Labute approximate surface area is 90.7 Å². The molecule has 1 aliphatic heterocycles. The molecule has 82 valence electrons. The van der Waals surface area contributed by atoms with Crippen molar-refractivity contribution in [1.82, 2.24) is 0 Å². The fourth-order valence-electron chi connectivity index (χ4n) is 1.63. The van der Waals surface area contributed by atoms with Crippen LogP contribution in [-0.4, -0.2) is 30.7 Å². The first-order valence-electron chi connectivity index (χ1n) is 5.05. The maximum atomic E-state index is 5.55. The van der Waals surface area contributed by atoms with Gasteiger partial charge in [-0.25, -0.2) is 0 Å². The van der Waals surface area contributed by atoms with Crippen molar-refractivity contribution in [2.24, 2.45) is 5.92 Å². The molecule has 0 radical (unpaired) electrons. The number of hydrogen-bond donors (Lipinski definition) is 0. The SMILES string of the molecule is CCC(OC(C)=S)C(C)C1OCCO1. The minimum Gasteiger partial charge on any atom is -0.484 e. The summed E-state index contributed by atoms with van der Waals surface area (Å²) >= 11 is 4.93. The zero-order chi connectivity index (χ0) is 10.6. The molecule has 1 rings (SSSR count). The Kier molecular flexibility index (Phi) is 4.78. The normalized spacial score (nSPS) is 21.9. The molecule has 1 fully saturated rings. The van der Waals surface area contributed by atoms with Crippen molar-refractivity contribution in [3.63, 3.8) is 0 Å². The molecule has 14 heavy (non-hydrogen) atoms. The van der Waals surface area contributed by atoms with Crippen LogP contribution < -0.4 is 0 Å². The lowest BCUT2D eigenvalue weighted by atomic mass is 10.0. The molecule has 4 heteroatoms. The van der Waals surface area contributed by atoms with Crippen molar-refractivity contribution in [1.29, 1.82) is 0 Å². The molecule has 0 saturated carbocycles. The fourth-order valence-corrected chi connectivity index (χ4v) is 1.75. The predicted octanol–water partition coefficient (Wildman–Crippen LogP) is 2.14. The van der Waals surface area contributed by atoms with Crippen LogP contribution in [0.3, 0.4) is 0 Å². The van der Waals surface area contributed by atoms with E-state index >= 15 is 0 Å². The van der Waals surface area contributed by atoms with Gasteiger partial charge in [-0.05, 0) is 18.6 Å². The highest BCUT2D eigenvalue weighted by atomic mass is 32.1. The van der Waals surface area contributed by atoms with E-state index in [1.54, 1.807) is 6.92 Å². The van der Waals surface area contributed by atoms with Crippen molar-refractivity contribution < 1.29 is 14.2 Å². The van der Waals surface area contributed by atoms with Gasteiger partial charge in [0.05, 0.1) is 13.2 Å². The largest absolute Gasteiger partial charge is 0.484 e. The van der Waals surface area contributed by atoms with E-state index in [9.17, 15) is 0 Å². The molecular formula is C10H18O3S. The molecule has 0 spiro atoms. The van der Waals surface area contributed by atoms with Crippen LogP contribution >= 0.6 is 12.2 Å². The van der Waals surface area contributed by atoms with E-state index in [0.717, 1.165) is 6.42 Å². The van der Waals surface area contributed by atoms with E-state index in [4.69, 9.17) is 26.4 Å². The van der Waals surface area contributed by atoms with E-state index in [0.29, 0.717) is 18.3 Å². The Hall–Kier alpha value is -0.190. The van der Waals surface area contributed by atoms with Crippen molar-refractivity contribution in [2.75, 3.05) is 13.2 Å². The Morgan fingerprint density at radius 1 is 1.50 bits per heavy atom. The van der Waals surface area contributed by atoms with E-state index in [-0.39, 0.29) is 18.3 Å². The first-order valence-corrected chi connectivity index (χ1v) is 5.46. The van der Waals surface area contributed by atoms with Gasteiger partial charge < -0.3 is 14.2 Å². The summed E-state index contributed by atoms with van der Waals surface area (Å²) in [4.78, 5) is 0. The van der Waals surface area contributed by atoms with Crippen LogP contribution in [0.1, 0.15) is 27.2 Å². The highest BCUT2D eigenvalue weighted by molar-refractivity contribution is 7.80. The summed E-state index contributed by atoms with van der Waals surface area (Å²) in [6.45, 7) is 7.31. The molecule has 0 N–H and O–H groups in total. The number of thiocarbonyl (C=S) groups is 1. The standard InChI is InChI=1S/C10H18O3S/c1-4-9(13-8(3)14)7(2)10-11-5-6-12-10/h7,9-10H,4-6H2,1-3H3. The van der Waals surface area contributed by atoms with Crippen molar-refractivity contribution in [2.45, 2.75) is 39.6 Å². The van der Waals surface area contributed by atoms with Crippen molar-refractivity contribution in [3.05, 3.63) is 0 Å². The molecule has 0 amide bonds. The van der Waals surface area contributed by atoms with Crippen LogP contribution in [0.25, 0.3) is 0 Å². The third-order valence-electron chi connectivity index (χ3n) is 2.38. The van der Waals surface area contributed by atoms with E-state index in [1.165, 1.54) is 0 Å². The van der Waals surface area contributed by atoms with Gasteiger partial charge in [-0.1, -0.05) is 13.8 Å². The van der Waals surface area contributed by atoms with Gasteiger partial charge in [0, 0.05) is 12.8 Å². The van der Waals surface area contributed by atoms with Crippen LogP contribution in [0, 0.1) is 5.92 Å². The predicted molar refractivity (Wildman–Crippen MR) is 58.3 cm³/mol. The van der Waals surface area contributed by atoms with E-state index < -0.39 is 0 Å². The van der Waals surface area contributed by atoms with Gasteiger partial charge in [-0.3, -0.25) is 0 Å². The molecule has 0 bridgehead atoms. The highest BCUT2D eigenvalue weighted by Gasteiger charge is 2.30. The summed E-state index contributed by atoms with van der Waals surface area (Å²) in [6.07, 6.45) is 0.878. The average Bonchev–Trinajstić information content (AvgIpc) is 2.65. The molecule has 0 aromatic rings. The molecule has 0 aromatic heterocycles. The van der Waals surface area contributed by atoms with Crippen molar-refractivity contribution in [3.8, 4) is 0 Å². The Bertz CT molecular complexity index is 190. The average molecular weight is 218 g/mol. The van der Waals surface area contributed by atoms with Gasteiger partial charge in [-0.15, -0.1) is 0 Å². The first-order chi connectivity index (χ1) is 6.65. The van der Waals surface area contributed by atoms with Gasteiger partial charge in [0.25, 0.3) is 0 Å². The van der Waals surface area contributed by atoms with Gasteiger partial charge in [0.2, 0.25) is 0 Å². The zero-order valence-electron chi connectivity index (χ0n) is 8.99. The summed E-state index contributed by atoms with van der Waals surface area (Å²) in [5, 5.41) is 0.585. The third kappa shape index (κ3) is 3.19. The lowest BCUT2D eigenvalue weighted by Gasteiger charge is -2.26. The first kappa shape index (κ1) is 11.9. The highest BCUT2D eigenvalue weighted by Crippen LogP contribution is 2.22.